The molecule has 0 bridgehead atoms. The van der Waals surface area contributed by atoms with Crippen molar-refractivity contribution in [3.05, 3.63) is 28.9 Å². The monoisotopic (exact) mass is 276 g/mol. The Labute approximate surface area is 116 Å². The van der Waals surface area contributed by atoms with Crippen LogP contribution in [0.1, 0.15) is 37.3 Å². The molecule has 2 aliphatic rings. The Morgan fingerprint density at radius 2 is 2.05 bits per heavy atom. The first kappa shape index (κ1) is 12.5. The van der Waals surface area contributed by atoms with Crippen LogP contribution in [0.15, 0.2) is 23.4 Å². The van der Waals surface area contributed by atoms with E-state index >= 15 is 0 Å². The number of thioether (sulfide) groups is 1. The molecular weight excluding hydrogens is 260 g/mol. The topological polar surface area (TPSA) is 42.3 Å². The van der Waals surface area contributed by atoms with E-state index in [-0.39, 0.29) is 11.1 Å². The number of carbonyl (C=O) groups excluding carboxylic acids is 2. The number of likely N-dealkylation sites (N-methyl/N-ethyl adjacent to an activating group) is 1. The fourth-order valence-corrected chi connectivity index (χ4v) is 3.47. The van der Waals surface area contributed by atoms with Crippen LogP contribution in [-0.4, -0.2) is 27.7 Å². The molecule has 1 saturated carbocycles. The lowest BCUT2D eigenvalue weighted by molar-refractivity contribution is -0.121. The third-order valence-electron chi connectivity index (χ3n) is 3.77. The minimum atomic E-state index is -0.205. The van der Waals surface area contributed by atoms with Gasteiger partial charge in [-0.05, 0) is 42.3 Å². The van der Waals surface area contributed by atoms with Crippen molar-refractivity contribution < 1.29 is 9.59 Å². The summed E-state index contributed by atoms with van der Waals surface area (Å²) in [5.74, 6) is -0.205. The van der Waals surface area contributed by atoms with Crippen LogP contribution in [0.4, 0.5) is 4.79 Å². The van der Waals surface area contributed by atoms with E-state index < -0.39 is 0 Å². The molecule has 4 nitrogen and oxygen atoms in total. The van der Waals surface area contributed by atoms with Gasteiger partial charge in [-0.1, -0.05) is 12.8 Å². The summed E-state index contributed by atoms with van der Waals surface area (Å²) >= 11 is 1.01. The maximum atomic E-state index is 11.8. The van der Waals surface area contributed by atoms with Crippen molar-refractivity contribution >= 4 is 29.0 Å². The molecule has 3 rings (SSSR count). The molecule has 0 aromatic carbocycles. The molecule has 1 aromatic rings. The predicted octanol–water partition coefficient (Wildman–Crippen LogP) is 3.27. The summed E-state index contributed by atoms with van der Waals surface area (Å²) in [4.78, 5) is 24.9. The van der Waals surface area contributed by atoms with Crippen LogP contribution in [0, 0.1) is 0 Å². The summed E-state index contributed by atoms with van der Waals surface area (Å²) in [5, 5.41) is -0.202. The zero-order valence-electron chi connectivity index (χ0n) is 10.8. The molecule has 100 valence electrons. The van der Waals surface area contributed by atoms with Crippen LogP contribution < -0.4 is 0 Å². The first-order valence-electron chi connectivity index (χ1n) is 6.54. The summed E-state index contributed by atoms with van der Waals surface area (Å²) in [5.41, 5.74) is 0.992. The number of imide groups is 1. The summed E-state index contributed by atoms with van der Waals surface area (Å²) in [6.07, 6.45) is 11.0. The summed E-state index contributed by atoms with van der Waals surface area (Å²) in [6, 6.07) is 2.60. The number of amides is 2. The Balaban J connectivity index is 1.80. The number of carbonyl (C=O) groups is 2. The minimum Gasteiger partial charge on any atom is -0.351 e. The number of nitrogens with zero attached hydrogens (tertiary/aromatic N) is 2. The molecule has 1 aromatic heterocycles. The summed E-state index contributed by atoms with van der Waals surface area (Å²) in [7, 11) is 1.52. The van der Waals surface area contributed by atoms with Crippen molar-refractivity contribution in [2.75, 3.05) is 7.05 Å². The average molecular weight is 276 g/mol. The van der Waals surface area contributed by atoms with E-state index in [0.717, 1.165) is 22.2 Å². The fourth-order valence-electron chi connectivity index (χ4n) is 2.64. The third-order valence-corrected chi connectivity index (χ3v) is 4.73. The first-order valence-corrected chi connectivity index (χ1v) is 7.36. The maximum Gasteiger partial charge on any atom is 0.293 e. The average Bonchev–Trinajstić information content (AvgIpc) is 3.09. The maximum absolute atomic E-state index is 11.8. The lowest BCUT2D eigenvalue weighted by Gasteiger charge is -2.10. The molecule has 0 N–H and O–H groups in total. The molecule has 5 heteroatoms. The molecule has 0 atom stereocenters. The molecule has 0 spiro atoms. The van der Waals surface area contributed by atoms with Gasteiger partial charge >= 0.3 is 0 Å². The highest BCUT2D eigenvalue weighted by atomic mass is 32.2. The van der Waals surface area contributed by atoms with Crippen molar-refractivity contribution in [2.45, 2.75) is 31.7 Å². The van der Waals surface area contributed by atoms with E-state index in [1.165, 1.54) is 32.7 Å². The van der Waals surface area contributed by atoms with Crippen LogP contribution >= 0.6 is 11.8 Å². The number of aromatic nitrogens is 1. The van der Waals surface area contributed by atoms with Gasteiger partial charge in [0.15, 0.2) is 0 Å². The van der Waals surface area contributed by atoms with Gasteiger partial charge in [0.25, 0.3) is 11.1 Å². The van der Waals surface area contributed by atoms with Crippen molar-refractivity contribution in [3.63, 3.8) is 0 Å². The molecular formula is C14H16N2O2S. The third kappa shape index (κ3) is 2.34. The first-order chi connectivity index (χ1) is 9.15. The normalized spacial score (nSPS) is 23.0. The van der Waals surface area contributed by atoms with Crippen LogP contribution in [0.2, 0.25) is 0 Å². The molecule has 0 unspecified atom stereocenters. The van der Waals surface area contributed by atoms with Crippen LogP contribution in [-0.2, 0) is 4.79 Å². The quantitative estimate of drug-likeness (QED) is 0.779. The van der Waals surface area contributed by atoms with Gasteiger partial charge in [0.2, 0.25) is 0 Å². The Bertz CT molecular complexity index is 556. The Kier molecular flexibility index (Phi) is 3.22. The van der Waals surface area contributed by atoms with Crippen LogP contribution in [0.25, 0.3) is 6.08 Å². The number of hydrogen-bond acceptors (Lipinski definition) is 3. The summed E-state index contributed by atoms with van der Waals surface area (Å²) < 4.78 is 2.23. The predicted molar refractivity (Wildman–Crippen MR) is 75.7 cm³/mol. The highest BCUT2D eigenvalue weighted by Gasteiger charge is 2.31. The molecule has 2 fully saturated rings. The summed E-state index contributed by atoms with van der Waals surface area (Å²) in [6.45, 7) is 0. The number of hydrogen-bond donors (Lipinski definition) is 0. The molecule has 19 heavy (non-hydrogen) atoms. The smallest absolute Gasteiger partial charge is 0.293 e. The van der Waals surface area contributed by atoms with Gasteiger partial charge in [-0.2, -0.15) is 0 Å². The molecule has 2 amide bonds. The van der Waals surface area contributed by atoms with E-state index in [4.69, 9.17) is 0 Å². The second kappa shape index (κ2) is 4.89. The second-order valence-electron chi connectivity index (χ2n) is 5.07. The Morgan fingerprint density at radius 3 is 2.68 bits per heavy atom. The standard InChI is InChI=1S/C14H16N2O2S/c1-15-13(17)12(19-14(15)18)8-10-6-7-16(9-10)11-4-2-3-5-11/h6-9,11H,2-5H2,1H3/b12-8-. The van der Waals surface area contributed by atoms with Crippen LogP contribution in [0.3, 0.4) is 0 Å². The Hall–Kier alpha value is -1.49. The fraction of sp³-hybridized carbons (Fsp3) is 0.429. The van der Waals surface area contributed by atoms with E-state index in [9.17, 15) is 9.59 Å². The minimum absolute atomic E-state index is 0.202. The zero-order valence-corrected chi connectivity index (χ0v) is 11.7. The zero-order chi connectivity index (χ0) is 13.4. The highest BCUT2D eigenvalue weighted by Crippen LogP contribution is 2.33. The van der Waals surface area contributed by atoms with Crippen molar-refractivity contribution in [1.29, 1.82) is 0 Å². The molecule has 0 radical (unpaired) electrons. The van der Waals surface area contributed by atoms with Gasteiger partial charge in [0.05, 0.1) is 4.91 Å². The van der Waals surface area contributed by atoms with Crippen molar-refractivity contribution in [3.8, 4) is 0 Å². The molecule has 1 saturated heterocycles. The molecule has 2 heterocycles. The molecule has 1 aliphatic carbocycles. The Morgan fingerprint density at radius 1 is 1.32 bits per heavy atom. The van der Waals surface area contributed by atoms with E-state index in [2.05, 4.69) is 17.0 Å². The lowest BCUT2D eigenvalue weighted by atomic mass is 10.2. The molecule has 1 aliphatic heterocycles. The SMILES string of the molecule is CN1C(=O)S/C(=C\c2ccn(C3CCCC3)c2)C1=O. The van der Waals surface area contributed by atoms with Crippen molar-refractivity contribution in [2.24, 2.45) is 0 Å². The van der Waals surface area contributed by atoms with E-state index in [0.29, 0.717) is 10.9 Å². The van der Waals surface area contributed by atoms with Gasteiger partial charge in [-0.25, -0.2) is 0 Å². The largest absolute Gasteiger partial charge is 0.351 e. The lowest BCUT2D eigenvalue weighted by Crippen LogP contribution is -2.22. The number of rotatable bonds is 2. The van der Waals surface area contributed by atoms with Gasteiger partial charge < -0.3 is 4.57 Å². The van der Waals surface area contributed by atoms with E-state index in [1.807, 2.05) is 6.07 Å². The van der Waals surface area contributed by atoms with Gasteiger partial charge in [0, 0.05) is 25.5 Å². The van der Waals surface area contributed by atoms with E-state index in [1.54, 1.807) is 6.08 Å². The van der Waals surface area contributed by atoms with Gasteiger partial charge in [-0.15, -0.1) is 0 Å². The van der Waals surface area contributed by atoms with Crippen molar-refractivity contribution in [1.82, 2.24) is 9.47 Å². The second-order valence-corrected chi connectivity index (χ2v) is 6.06. The highest BCUT2D eigenvalue weighted by molar-refractivity contribution is 8.18. The van der Waals surface area contributed by atoms with Crippen LogP contribution in [0.5, 0.6) is 0 Å². The van der Waals surface area contributed by atoms with Gasteiger partial charge in [0.1, 0.15) is 0 Å². The van der Waals surface area contributed by atoms with Gasteiger partial charge in [-0.3, -0.25) is 14.5 Å².